The van der Waals surface area contributed by atoms with Crippen LogP contribution in [-0.2, 0) is 20.9 Å². The number of nitrogens with two attached hydrogens (primary N) is 2. The van der Waals surface area contributed by atoms with E-state index in [0.717, 1.165) is 23.8 Å². The summed E-state index contributed by atoms with van der Waals surface area (Å²) in [5.41, 5.74) is 11.5. The van der Waals surface area contributed by atoms with E-state index in [-0.39, 0.29) is 49.7 Å². The zero-order valence-corrected chi connectivity index (χ0v) is 30.5. The van der Waals surface area contributed by atoms with E-state index in [1.165, 1.54) is 4.90 Å². The second kappa shape index (κ2) is 19.1. The molecule has 15 heteroatoms. The average molecular weight is 727 g/mol. The van der Waals surface area contributed by atoms with Gasteiger partial charge in [-0.2, -0.15) is 0 Å². The van der Waals surface area contributed by atoms with Crippen molar-refractivity contribution in [1.29, 1.82) is 0 Å². The number of hydrogen-bond donors (Lipinski definition) is 6. The maximum Gasteiger partial charge on any atom is 0.312 e. The number of nitrogens with zero attached hydrogens (tertiary/aromatic N) is 3. The van der Waals surface area contributed by atoms with Crippen LogP contribution in [0.2, 0.25) is 0 Å². The molecule has 0 radical (unpaired) electrons. The first kappa shape index (κ1) is 41.5. The molecule has 0 spiro atoms. The van der Waals surface area contributed by atoms with Crippen LogP contribution in [0.3, 0.4) is 0 Å². The summed E-state index contributed by atoms with van der Waals surface area (Å²) in [6.45, 7) is 9.19. The molecule has 0 saturated carbocycles. The molecule has 3 atom stereocenters. The minimum Gasteiger partial charge on any atom is -0.387 e. The Morgan fingerprint density at radius 2 is 1.65 bits per heavy atom. The van der Waals surface area contributed by atoms with Gasteiger partial charge >= 0.3 is 6.03 Å². The molecule has 3 rings (SSSR count). The van der Waals surface area contributed by atoms with Crippen LogP contribution in [0.1, 0.15) is 71.3 Å². The molecule has 284 valence electrons. The fraction of sp³-hybridized carbons (Fsp3) is 0.486. The lowest BCUT2D eigenvalue weighted by molar-refractivity contribution is -0.139. The van der Waals surface area contributed by atoms with Crippen LogP contribution < -0.4 is 27.4 Å². The predicted molar refractivity (Wildman–Crippen MR) is 193 cm³/mol. The largest absolute Gasteiger partial charge is 0.387 e. The highest BCUT2D eigenvalue weighted by Gasteiger charge is 2.38. The van der Waals surface area contributed by atoms with Gasteiger partial charge in [0.05, 0.1) is 17.8 Å². The first-order chi connectivity index (χ1) is 24.5. The zero-order valence-electron chi connectivity index (χ0n) is 30.5. The molecule has 0 fully saturated rings. The van der Waals surface area contributed by atoms with E-state index in [9.17, 15) is 33.1 Å². The number of imidazole rings is 1. The number of carbonyl (C=O) groups excluding carboxylic acids is 4. The molecule has 1 aromatic heterocycles. The third-order valence-electron chi connectivity index (χ3n) is 8.54. The van der Waals surface area contributed by atoms with Crippen molar-refractivity contribution in [3.63, 3.8) is 0 Å². The van der Waals surface area contributed by atoms with Gasteiger partial charge in [0.1, 0.15) is 30.1 Å². The zero-order chi connectivity index (χ0) is 38.6. The Labute approximate surface area is 303 Å². The molecule has 3 aromatic rings. The van der Waals surface area contributed by atoms with Crippen LogP contribution in [0.5, 0.6) is 0 Å². The highest BCUT2D eigenvalue weighted by molar-refractivity contribution is 5.89. The van der Waals surface area contributed by atoms with E-state index in [4.69, 9.17) is 16.5 Å². The summed E-state index contributed by atoms with van der Waals surface area (Å²) in [5.74, 6) is -2.62. The highest BCUT2D eigenvalue weighted by Crippen LogP contribution is 2.39. The fourth-order valence-electron chi connectivity index (χ4n) is 5.80. The molecular formula is C37H52F2N8O5. The second-order valence-corrected chi connectivity index (χ2v) is 14.1. The molecule has 13 nitrogen and oxygen atoms in total. The van der Waals surface area contributed by atoms with Crippen LogP contribution in [0.15, 0.2) is 54.7 Å². The van der Waals surface area contributed by atoms with Crippen molar-refractivity contribution in [1.82, 2.24) is 30.4 Å². The van der Waals surface area contributed by atoms with Gasteiger partial charge in [-0.1, -0.05) is 65.0 Å². The monoisotopic (exact) mass is 726 g/mol. The maximum absolute atomic E-state index is 15.0. The Morgan fingerprint density at radius 1 is 0.981 bits per heavy atom. The fourth-order valence-corrected chi connectivity index (χ4v) is 5.80. The van der Waals surface area contributed by atoms with E-state index in [2.05, 4.69) is 16.0 Å². The van der Waals surface area contributed by atoms with E-state index in [1.54, 1.807) is 24.6 Å². The number of carbonyl (C=O) groups is 4. The number of hydrogen-bond acceptors (Lipinski definition) is 7. The number of nitrogens with one attached hydrogen (secondary N) is 3. The SMILES string of the molecule is CC(C)C(N)C(=O)NC(CCCNC(N)=O)C(=O)NCCCN(C(=O)CO)C(c1nc(-c2cc(F)ccc2F)cn1Cc1ccccc1)C(C)(C)C. The minimum absolute atomic E-state index is 0.0372. The number of aliphatic hydroxyl groups excluding tert-OH is 1. The Hall–Kier alpha value is -4.89. The second-order valence-electron chi connectivity index (χ2n) is 14.1. The van der Waals surface area contributed by atoms with Gasteiger partial charge in [-0.15, -0.1) is 0 Å². The molecule has 3 unspecified atom stereocenters. The van der Waals surface area contributed by atoms with Crippen molar-refractivity contribution >= 4 is 23.8 Å². The smallest absolute Gasteiger partial charge is 0.312 e. The van der Waals surface area contributed by atoms with E-state index >= 15 is 0 Å². The van der Waals surface area contributed by atoms with Gasteiger partial charge in [0, 0.05) is 37.9 Å². The van der Waals surface area contributed by atoms with E-state index in [1.807, 2.05) is 51.1 Å². The number of primary amides is 1. The summed E-state index contributed by atoms with van der Waals surface area (Å²) < 4.78 is 31.1. The topological polar surface area (TPSA) is 198 Å². The van der Waals surface area contributed by atoms with Gasteiger partial charge in [0.25, 0.3) is 0 Å². The number of aromatic nitrogens is 2. The number of aliphatic hydroxyl groups is 1. The number of amides is 5. The first-order valence-corrected chi connectivity index (χ1v) is 17.4. The van der Waals surface area contributed by atoms with Crippen molar-refractivity contribution in [2.75, 3.05) is 26.2 Å². The van der Waals surface area contributed by atoms with Crippen LogP contribution in [-0.4, -0.2) is 81.6 Å². The van der Waals surface area contributed by atoms with Crippen molar-refractivity contribution in [2.45, 2.75) is 78.6 Å². The molecule has 0 aliphatic rings. The number of rotatable bonds is 18. The van der Waals surface area contributed by atoms with Crippen molar-refractivity contribution in [3.05, 3.63) is 77.8 Å². The molecule has 52 heavy (non-hydrogen) atoms. The predicted octanol–water partition coefficient (Wildman–Crippen LogP) is 3.21. The molecule has 0 aliphatic heterocycles. The molecule has 8 N–H and O–H groups in total. The third-order valence-corrected chi connectivity index (χ3v) is 8.54. The average Bonchev–Trinajstić information content (AvgIpc) is 3.49. The molecule has 5 amide bonds. The summed E-state index contributed by atoms with van der Waals surface area (Å²) in [4.78, 5) is 56.8. The van der Waals surface area contributed by atoms with Gasteiger partial charge in [-0.05, 0) is 54.4 Å². The quantitative estimate of drug-likeness (QED) is 0.108. The van der Waals surface area contributed by atoms with Gasteiger partial charge in [-0.25, -0.2) is 18.6 Å². The molecule has 2 aromatic carbocycles. The normalized spacial score (nSPS) is 13.3. The van der Waals surface area contributed by atoms with Gasteiger partial charge in [0.15, 0.2) is 0 Å². The Bertz CT molecular complexity index is 1660. The van der Waals surface area contributed by atoms with Gasteiger partial charge < -0.3 is 42.0 Å². The van der Waals surface area contributed by atoms with Crippen molar-refractivity contribution in [2.24, 2.45) is 22.8 Å². The first-order valence-electron chi connectivity index (χ1n) is 17.4. The van der Waals surface area contributed by atoms with Crippen LogP contribution in [0.25, 0.3) is 11.3 Å². The Morgan fingerprint density at radius 3 is 2.27 bits per heavy atom. The van der Waals surface area contributed by atoms with Crippen LogP contribution in [0.4, 0.5) is 13.6 Å². The Kier molecular flexibility index (Phi) is 15.2. The maximum atomic E-state index is 15.0. The van der Waals surface area contributed by atoms with Crippen LogP contribution in [0, 0.1) is 23.0 Å². The van der Waals surface area contributed by atoms with Gasteiger partial charge in [0.2, 0.25) is 17.7 Å². The third kappa shape index (κ3) is 11.8. The van der Waals surface area contributed by atoms with Crippen molar-refractivity contribution < 1.29 is 33.1 Å². The molecule has 0 bridgehead atoms. The summed E-state index contributed by atoms with van der Waals surface area (Å²) in [7, 11) is 0. The van der Waals surface area contributed by atoms with Gasteiger partial charge in [-0.3, -0.25) is 14.4 Å². The molecular weight excluding hydrogens is 674 g/mol. The number of urea groups is 1. The lowest BCUT2D eigenvalue weighted by atomic mass is 9.84. The molecule has 1 heterocycles. The highest BCUT2D eigenvalue weighted by atomic mass is 19.1. The Balaban J connectivity index is 1.89. The minimum atomic E-state index is -0.948. The number of halogens is 2. The summed E-state index contributed by atoms with van der Waals surface area (Å²) in [5, 5.41) is 18.0. The standard InChI is InChI=1S/C37H52F2N8O5/c1-23(2)31(40)35(51)45-28(13-9-16-43-36(41)52)34(50)42-17-10-18-47(30(49)22-48)32(37(3,4)5)33-44-29(26-19-25(38)14-15-27(26)39)21-46(33)20-24-11-7-6-8-12-24/h6-8,11-12,14-15,19,21,23,28,31-32,48H,9-10,13,16-18,20,22,40H2,1-5H3,(H,42,50)(H,45,51)(H3,41,43,52). The van der Waals surface area contributed by atoms with E-state index in [0.29, 0.717) is 18.8 Å². The molecule has 0 saturated heterocycles. The van der Waals surface area contributed by atoms with Crippen molar-refractivity contribution in [3.8, 4) is 11.3 Å². The summed E-state index contributed by atoms with van der Waals surface area (Å²) in [6.07, 6.45) is 2.42. The summed E-state index contributed by atoms with van der Waals surface area (Å²) in [6, 6.07) is 9.35. The lowest BCUT2D eigenvalue weighted by Crippen LogP contribution is -2.53. The lowest BCUT2D eigenvalue weighted by Gasteiger charge is -2.40. The molecule has 0 aliphatic carbocycles. The number of benzene rings is 2. The summed E-state index contributed by atoms with van der Waals surface area (Å²) >= 11 is 0. The van der Waals surface area contributed by atoms with E-state index < -0.39 is 65.5 Å². The van der Waals surface area contributed by atoms with Crippen LogP contribution >= 0.6 is 0 Å².